The van der Waals surface area contributed by atoms with Crippen molar-refractivity contribution < 1.29 is 4.74 Å². The monoisotopic (exact) mass is 775 g/mol. The van der Waals surface area contributed by atoms with Gasteiger partial charge in [0, 0.05) is 23.7 Å². The fourth-order valence-electron chi connectivity index (χ4n) is 9.95. The van der Waals surface area contributed by atoms with Gasteiger partial charge in [0.25, 0.3) is 0 Å². The number of hydrogen-bond acceptors (Lipinski definition) is 2. The van der Waals surface area contributed by atoms with Crippen LogP contribution in [0.5, 0.6) is 5.75 Å². The SMILES string of the molecule is [C-]#[N+]c1cn2[nH]c(-c3ccc(C)c(Cc4cc(CCCCCCCC)ccc4OCCCCCCCC)c3)nc2c1CC1C(C(C)(C)C)CC(C)CC1C(C)(C)C. The molecule has 1 saturated carbocycles. The first-order valence-electron chi connectivity index (χ1n) is 23.0. The van der Waals surface area contributed by atoms with Crippen molar-refractivity contribution in [1.29, 1.82) is 0 Å². The molecular formula is C52H78N4O. The maximum absolute atomic E-state index is 8.18. The Morgan fingerprint density at radius 1 is 0.807 bits per heavy atom. The minimum Gasteiger partial charge on any atom is -0.493 e. The van der Waals surface area contributed by atoms with E-state index in [0.717, 1.165) is 66.3 Å². The molecule has 2 aromatic heterocycles. The second kappa shape index (κ2) is 20.4. The summed E-state index contributed by atoms with van der Waals surface area (Å²) in [7, 11) is 0. The lowest BCUT2D eigenvalue weighted by molar-refractivity contribution is -0.0136. The van der Waals surface area contributed by atoms with Gasteiger partial charge < -0.3 is 4.74 Å². The molecule has 312 valence electrons. The van der Waals surface area contributed by atoms with Crippen LogP contribution in [0.15, 0.2) is 42.6 Å². The maximum Gasteiger partial charge on any atom is 0.211 e. The Kier molecular flexibility index (Phi) is 16.0. The summed E-state index contributed by atoms with van der Waals surface area (Å²) in [5.41, 5.74) is 9.51. The molecule has 0 bridgehead atoms. The lowest BCUT2D eigenvalue weighted by Gasteiger charge is -2.51. The first-order chi connectivity index (χ1) is 27.2. The zero-order chi connectivity index (χ0) is 41.2. The Bertz CT molecular complexity index is 1870. The van der Waals surface area contributed by atoms with Gasteiger partial charge in [-0.2, -0.15) is 0 Å². The average Bonchev–Trinajstić information content (AvgIpc) is 3.72. The molecule has 0 aliphatic heterocycles. The molecule has 1 aliphatic carbocycles. The van der Waals surface area contributed by atoms with E-state index in [0.29, 0.717) is 23.7 Å². The smallest absolute Gasteiger partial charge is 0.211 e. The van der Waals surface area contributed by atoms with Crippen LogP contribution in [0, 0.1) is 48.0 Å². The van der Waals surface area contributed by atoms with E-state index in [9.17, 15) is 0 Å². The number of nitrogens with zero attached hydrogens (tertiary/aromatic N) is 3. The number of aromatic nitrogens is 3. The van der Waals surface area contributed by atoms with Crippen LogP contribution in [0.3, 0.4) is 0 Å². The number of unbranched alkanes of at least 4 members (excludes halogenated alkanes) is 10. The number of aryl methyl sites for hydroxylation is 2. The topological polar surface area (TPSA) is 46.7 Å². The third-order valence-electron chi connectivity index (χ3n) is 13.3. The number of fused-ring (bicyclic) bond motifs is 1. The van der Waals surface area contributed by atoms with Crippen molar-refractivity contribution in [2.24, 2.45) is 34.5 Å². The van der Waals surface area contributed by atoms with E-state index in [-0.39, 0.29) is 10.8 Å². The third kappa shape index (κ3) is 12.0. The molecule has 0 spiro atoms. The molecule has 1 aliphatic rings. The van der Waals surface area contributed by atoms with Crippen LogP contribution in [0.4, 0.5) is 5.69 Å². The standard InChI is InChI=1S/C52H78N4O/c1-12-14-16-18-20-22-24-39-26-28-48(57-29-23-21-19-17-15-13-2)42(32-39)34-41-33-40(27-25-38(41)4)49-54-50-44(47(53-11)36-56(50)55-49)35-43-45(51(5,6)7)30-37(3)31-46(43)52(8,9)10/h25-28,32-33,36-37,43,45-46H,12-24,29-31,34-35H2,1-10H3,(H,54,55). The summed E-state index contributed by atoms with van der Waals surface area (Å²) in [5, 5.41) is 3.60. The number of hydrogen-bond donors (Lipinski definition) is 1. The van der Waals surface area contributed by atoms with Crippen molar-refractivity contribution in [3.8, 4) is 17.1 Å². The quantitative estimate of drug-likeness (QED) is 0.0718. The van der Waals surface area contributed by atoms with Gasteiger partial charge in [0.05, 0.1) is 13.2 Å². The van der Waals surface area contributed by atoms with Crippen LogP contribution in [0.2, 0.25) is 0 Å². The van der Waals surface area contributed by atoms with Gasteiger partial charge in [-0.15, -0.1) is 0 Å². The van der Waals surface area contributed by atoms with E-state index in [1.165, 1.54) is 106 Å². The Balaban J connectivity index is 1.41. The van der Waals surface area contributed by atoms with Gasteiger partial charge in [0.15, 0.2) is 5.82 Å². The summed E-state index contributed by atoms with van der Waals surface area (Å²) in [6.45, 7) is 32.7. The summed E-state index contributed by atoms with van der Waals surface area (Å²) in [6, 6.07) is 13.7. The number of ether oxygens (including phenoxy) is 1. The predicted octanol–water partition coefficient (Wildman–Crippen LogP) is 15.3. The van der Waals surface area contributed by atoms with Gasteiger partial charge in [-0.25, -0.2) is 9.83 Å². The number of rotatable bonds is 20. The second-order valence-corrected chi connectivity index (χ2v) is 20.2. The highest BCUT2D eigenvalue weighted by Gasteiger charge is 2.46. The van der Waals surface area contributed by atoms with Crippen molar-refractivity contribution in [2.45, 2.75) is 178 Å². The first-order valence-corrected chi connectivity index (χ1v) is 23.0. The molecule has 57 heavy (non-hydrogen) atoms. The van der Waals surface area contributed by atoms with Crippen LogP contribution in [0.1, 0.15) is 180 Å². The van der Waals surface area contributed by atoms with Gasteiger partial charge >= 0.3 is 0 Å². The van der Waals surface area contributed by atoms with Crippen LogP contribution >= 0.6 is 0 Å². The van der Waals surface area contributed by atoms with Gasteiger partial charge in [0.2, 0.25) is 5.69 Å². The van der Waals surface area contributed by atoms with Crippen LogP contribution in [-0.2, 0) is 19.3 Å². The summed E-state index contributed by atoms with van der Waals surface area (Å²) in [4.78, 5) is 9.35. The molecule has 1 fully saturated rings. The minimum atomic E-state index is 0.196. The lowest BCUT2D eigenvalue weighted by atomic mass is 9.54. The Labute approximate surface area is 348 Å². The predicted molar refractivity (Wildman–Crippen MR) is 243 cm³/mol. The Hall–Kier alpha value is -3.52. The average molecular weight is 775 g/mol. The van der Waals surface area contributed by atoms with Crippen molar-refractivity contribution >= 4 is 11.3 Å². The minimum absolute atomic E-state index is 0.196. The van der Waals surface area contributed by atoms with Gasteiger partial charge in [-0.1, -0.05) is 151 Å². The number of benzene rings is 2. The molecular weight excluding hydrogens is 697 g/mol. The van der Waals surface area contributed by atoms with Crippen LogP contribution in [0.25, 0.3) is 21.9 Å². The molecule has 0 radical (unpaired) electrons. The molecule has 2 atom stereocenters. The highest BCUT2D eigenvalue weighted by molar-refractivity contribution is 5.70. The molecule has 1 N–H and O–H groups in total. The van der Waals surface area contributed by atoms with E-state index in [4.69, 9.17) is 16.3 Å². The molecule has 5 nitrogen and oxygen atoms in total. The van der Waals surface area contributed by atoms with E-state index in [1.807, 2.05) is 10.7 Å². The summed E-state index contributed by atoms with van der Waals surface area (Å²) < 4.78 is 8.55. The molecule has 2 unspecified atom stereocenters. The zero-order valence-electron chi connectivity index (χ0n) is 37.8. The highest BCUT2D eigenvalue weighted by Crippen LogP contribution is 2.53. The van der Waals surface area contributed by atoms with Crippen molar-refractivity contribution in [3.05, 3.63) is 81.8 Å². The maximum atomic E-state index is 8.18. The van der Waals surface area contributed by atoms with E-state index >= 15 is 0 Å². The van der Waals surface area contributed by atoms with E-state index in [2.05, 4.69) is 116 Å². The van der Waals surface area contributed by atoms with Gasteiger partial charge in [-0.05, 0) is 114 Å². The first kappa shape index (κ1) is 44.6. The fourth-order valence-corrected chi connectivity index (χ4v) is 9.95. The molecule has 2 aromatic carbocycles. The largest absolute Gasteiger partial charge is 0.493 e. The lowest BCUT2D eigenvalue weighted by Crippen LogP contribution is -2.44. The fraction of sp³-hybridized carbons (Fsp3) is 0.654. The number of H-pyrrole nitrogens is 1. The number of aromatic amines is 1. The summed E-state index contributed by atoms with van der Waals surface area (Å²) >= 11 is 0. The van der Waals surface area contributed by atoms with Gasteiger partial charge in [-0.3, -0.25) is 9.61 Å². The summed E-state index contributed by atoms with van der Waals surface area (Å²) in [5.74, 6) is 4.26. The third-order valence-corrected chi connectivity index (χ3v) is 13.3. The van der Waals surface area contributed by atoms with Crippen molar-refractivity contribution in [3.63, 3.8) is 0 Å². The zero-order valence-corrected chi connectivity index (χ0v) is 37.8. The summed E-state index contributed by atoms with van der Waals surface area (Å²) in [6.07, 6.45) is 22.8. The van der Waals surface area contributed by atoms with Gasteiger partial charge in [0.1, 0.15) is 11.4 Å². The normalized spacial score (nSPS) is 19.0. The molecule has 0 saturated heterocycles. The Morgan fingerprint density at radius 3 is 2.07 bits per heavy atom. The van der Waals surface area contributed by atoms with Crippen molar-refractivity contribution in [1.82, 2.24) is 14.6 Å². The van der Waals surface area contributed by atoms with Crippen LogP contribution in [-0.4, -0.2) is 21.2 Å². The highest BCUT2D eigenvalue weighted by atomic mass is 16.5. The van der Waals surface area contributed by atoms with Crippen molar-refractivity contribution in [2.75, 3.05) is 6.61 Å². The Morgan fingerprint density at radius 2 is 1.44 bits per heavy atom. The molecule has 5 heteroatoms. The molecule has 2 heterocycles. The molecule has 5 rings (SSSR count). The van der Waals surface area contributed by atoms with Crippen LogP contribution < -0.4 is 4.74 Å². The second-order valence-electron chi connectivity index (χ2n) is 20.2. The number of nitrogens with one attached hydrogen (secondary N) is 1. The molecule has 4 aromatic rings. The van der Waals surface area contributed by atoms with E-state index in [1.54, 1.807) is 0 Å². The molecule has 0 amide bonds. The van der Waals surface area contributed by atoms with E-state index < -0.39 is 0 Å².